The van der Waals surface area contributed by atoms with E-state index in [-0.39, 0.29) is 23.6 Å². The second-order valence-corrected chi connectivity index (χ2v) is 8.70. The van der Waals surface area contributed by atoms with E-state index < -0.39 is 10.1 Å². The molecule has 0 fully saturated rings. The van der Waals surface area contributed by atoms with Crippen LogP contribution in [-0.2, 0) is 16.7 Å². The van der Waals surface area contributed by atoms with Crippen LogP contribution in [0.2, 0.25) is 5.02 Å². The van der Waals surface area contributed by atoms with Crippen molar-refractivity contribution in [3.63, 3.8) is 0 Å². The number of hydrogen-bond donors (Lipinski definition) is 1. The van der Waals surface area contributed by atoms with Gasteiger partial charge in [0.2, 0.25) is 0 Å². The van der Waals surface area contributed by atoms with Crippen LogP contribution >= 0.6 is 11.6 Å². The van der Waals surface area contributed by atoms with Crippen LogP contribution in [0.25, 0.3) is 0 Å². The van der Waals surface area contributed by atoms with Gasteiger partial charge in [-0.3, -0.25) is 0 Å². The first-order chi connectivity index (χ1) is 13.2. The highest BCUT2D eigenvalue weighted by Gasteiger charge is 2.20. The van der Waals surface area contributed by atoms with Crippen molar-refractivity contribution >= 4 is 33.4 Å². The van der Waals surface area contributed by atoms with E-state index in [1.165, 1.54) is 6.92 Å². The Bertz CT molecular complexity index is 918. The fourth-order valence-electron chi connectivity index (χ4n) is 2.51. The minimum absolute atomic E-state index is 0.0249. The SMILES string of the molecule is CCC(C)N(Cc1cccc(OS(=O)(=O)CC)c1)C(=O)Nc1cccc(Cl)c1. The van der Waals surface area contributed by atoms with E-state index in [1.807, 2.05) is 19.9 Å². The smallest absolute Gasteiger partial charge is 0.322 e. The van der Waals surface area contributed by atoms with Gasteiger partial charge in [-0.1, -0.05) is 36.7 Å². The van der Waals surface area contributed by atoms with E-state index in [0.717, 1.165) is 12.0 Å². The average Bonchev–Trinajstić information content (AvgIpc) is 2.65. The number of anilines is 1. The summed E-state index contributed by atoms with van der Waals surface area (Å²) in [5, 5.41) is 3.39. The van der Waals surface area contributed by atoms with Crippen LogP contribution in [0.1, 0.15) is 32.8 Å². The van der Waals surface area contributed by atoms with Crippen LogP contribution in [0.3, 0.4) is 0 Å². The van der Waals surface area contributed by atoms with Gasteiger partial charge in [0.1, 0.15) is 5.75 Å². The number of nitrogens with zero attached hydrogens (tertiary/aromatic N) is 1. The van der Waals surface area contributed by atoms with Crippen molar-refractivity contribution in [2.75, 3.05) is 11.1 Å². The van der Waals surface area contributed by atoms with Crippen molar-refractivity contribution < 1.29 is 17.4 Å². The second kappa shape index (κ2) is 9.80. The summed E-state index contributed by atoms with van der Waals surface area (Å²) in [5.74, 6) is 0.122. The van der Waals surface area contributed by atoms with Gasteiger partial charge in [-0.15, -0.1) is 0 Å². The van der Waals surface area contributed by atoms with Crippen molar-refractivity contribution in [1.82, 2.24) is 4.90 Å². The van der Waals surface area contributed by atoms with Gasteiger partial charge in [0, 0.05) is 23.3 Å². The summed E-state index contributed by atoms with van der Waals surface area (Å²) in [6.07, 6.45) is 0.767. The van der Waals surface area contributed by atoms with E-state index in [2.05, 4.69) is 5.32 Å². The molecule has 28 heavy (non-hydrogen) atoms. The maximum absolute atomic E-state index is 12.8. The Balaban J connectivity index is 2.19. The van der Waals surface area contributed by atoms with E-state index in [0.29, 0.717) is 17.3 Å². The monoisotopic (exact) mass is 424 g/mol. The Hall–Kier alpha value is -2.25. The Labute approximate surface area is 171 Å². The van der Waals surface area contributed by atoms with Gasteiger partial charge < -0.3 is 14.4 Å². The van der Waals surface area contributed by atoms with Gasteiger partial charge in [0.15, 0.2) is 0 Å². The summed E-state index contributed by atoms with van der Waals surface area (Å²) in [6.45, 7) is 5.78. The minimum Gasteiger partial charge on any atom is -0.382 e. The molecule has 6 nitrogen and oxygen atoms in total. The molecule has 0 aliphatic carbocycles. The molecule has 0 aliphatic heterocycles. The highest BCUT2D eigenvalue weighted by Crippen LogP contribution is 2.20. The third kappa shape index (κ3) is 6.42. The molecule has 0 heterocycles. The number of rotatable bonds is 8. The highest BCUT2D eigenvalue weighted by atomic mass is 35.5. The van der Waals surface area contributed by atoms with E-state index in [4.69, 9.17) is 15.8 Å². The highest BCUT2D eigenvalue weighted by molar-refractivity contribution is 7.87. The molecule has 0 aliphatic rings. The zero-order valence-electron chi connectivity index (χ0n) is 16.2. The lowest BCUT2D eigenvalue weighted by Crippen LogP contribution is -2.40. The summed E-state index contributed by atoms with van der Waals surface area (Å²) in [6, 6.07) is 13.4. The van der Waals surface area contributed by atoms with E-state index in [9.17, 15) is 13.2 Å². The summed E-state index contributed by atoms with van der Waals surface area (Å²) in [5.41, 5.74) is 1.38. The molecule has 0 bridgehead atoms. The zero-order chi connectivity index (χ0) is 20.7. The van der Waals surface area contributed by atoms with E-state index in [1.54, 1.807) is 47.4 Å². The number of amides is 2. The Morgan fingerprint density at radius 1 is 1.18 bits per heavy atom. The number of carbonyl (C=O) groups excluding carboxylic acids is 1. The molecule has 0 saturated carbocycles. The molecular weight excluding hydrogens is 400 g/mol. The van der Waals surface area contributed by atoms with Gasteiger partial charge in [-0.2, -0.15) is 8.42 Å². The summed E-state index contributed by atoms with van der Waals surface area (Å²) in [7, 11) is -3.61. The first kappa shape index (κ1) is 22.0. The number of carbonyl (C=O) groups is 1. The molecule has 0 radical (unpaired) electrons. The van der Waals surface area contributed by atoms with Gasteiger partial charge in [0.25, 0.3) is 0 Å². The lowest BCUT2D eigenvalue weighted by Gasteiger charge is -2.29. The maximum Gasteiger partial charge on any atom is 0.322 e. The molecule has 1 N–H and O–H groups in total. The third-order valence-corrected chi connectivity index (χ3v) is 5.68. The fraction of sp³-hybridized carbons (Fsp3) is 0.350. The van der Waals surface area contributed by atoms with Crippen LogP contribution in [0, 0.1) is 0 Å². The van der Waals surface area contributed by atoms with Crippen LogP contribution in [0.4, 0.5) is 10.5 Å². The largest absolute Gasteiger partial charge is 0.382 e. The van der Waals surface area contributed by atoms with Crippen molar-refractivity contribution in [2.24, 2.45) is 0 Å². The van der Waals surface area contributed by atoms with Gasteiger partial charge >= 0.3 is 16.1 Å². The lowest BCUT2D eigenvalue weighted by molar-refractivity contribution is 0.187. The standard InChI is InChI=1S/C20H25ClN2O4S/c1-4-15(3)23(20(24)22-18-10-7-9-17(21)13-18)14-16-8-6-11-19(12-16)27-28(25,26)5-2/h6-13,15H,4-5,14H2,1-3H3,(H,22,24). The van der Waals surface area contributed by atoms with E-state index >= 15 is 0 Å². The first-order valence-electron chi connectivity index (χ1n) is 9.08. The van der Waals surface area contributed by atoms with Gasteiger partial charge in [-0.25, -0.2) is 4.79 Å². The Morgan fingerprint density at radius 2 is 1.89 bits per heavy atom. The topological polar surface area (TPSA) is 75.7 Å². The molecule has 152 valence electrons. The number of urea groups is 1. The Morgan fingerprint density at radius 3 is 2.54 bits per heavy atom. The molecule has 2 amide bonds. The van der Waals surface area contributed by atoms with Gasteiger partial charge in [0.05, 0.1) is 5.75 Å². The molecular formula is C20H25ClN2O4S. The predicted octanol–water partition coefficient (Wildman–Crippen LogP) is 4.90. The number of nitrogens with one attached hydrogen (secondary N) is 1. The Kier molecular flexibility index (Phi) is 7.71. The maximum atomic E-state index is 12.8. The number of halogens is 1. The average molecular weight is 425 g/mol. The molecule has 0 saturated heterocycles. The zero-order valence-corrected chi connectivity index (χ0v) is 17.8. The number of hydrogen-bond acceptors (Lipinski definition) is 4. The molecule has 1 unspecified atom stereocenters. The molecule has 2 aromatic rings. The summed E-state index contributed by atoms with van der Waals surface area (Å²) in [4.78, 5) is 14.5. The summed E-state index contributed by atoms with van der Waals surface area (Å²) < 4.78 is 28.4. The molecule has 1 atom stereocenters. The second-order valence-electron chi connectivity index (χ2n) is 6.40. The summed E-state index contributed by atoms with van der Waals surface area (Å²) >= 11 is 5.98. The first-order valence-corrected chi connectivity index (χ1v) is 11.0. The molecule has 2 aromatic carbocycles. The third-order valence-electron chi connectivity index (χ3n) is 4.29. The molecule has 2 rings (SSSR count). The normalized spacial score (nSPS) is 12.3. The van der Waals surface area contributed by atoms with Crippen LogP contribution in [0.15, 0.2) is 48.5 Å². The van der Waals surface area contributed by atoms with Crippen LogP contribution in [-0.4, -0.2) is 31.1 Å². The molecule has 8 heteroatoms. The van der Waals surface area contributed by atoms with Crippen molar-refractivity contribution in [3.8, 4) is 5.75 Å². The van der Waals surface area contributed by atoms with Crippen molar-refractivity contribution in [3.05, 3.63) is 59.1 Å². The van der Waals surface area contributed by atoms with Crippen molar-refractivity contribution in [2.45, 2.75) is 39.8 Å². The molecule has 0 aromatic heterocycles. The number of benzene rings is 2. The molecule has 0 spiro atoms. The van der Waals surface area contributed by atoms with Gasteiger partial charge in [-0.05, 0) is 56.2 Å². The minimum atomic E-state index is -3.61. The fourth-order valence-corrected chi connectivity index (χ4v) is 3.21. The van der Waals surface area contributed by atoms with Crippen molar-refractivity contribution in [1.29, 1.82) is 0 Å². The predicted molar refractivity (Wildman–Crippen MR) is 112 cm³/mol. The van der Waals surface area contributed by atoms with Crippen LogP contribution in [0.5, 0.6) is 5.75 Å². The van der Waals surface area contributed by atoms with Crippen LogP contribution < -0.4 is 9.50 Å². The lowest BCUT2D eigenvalue weighted by atomic mass is 10.1. The quantitative estimate of drug-likeness (QED) is 0.611.